The lowest BCUT2D eigenvalue weighted by Crippen LogP contribution is -2.30. The number of ether oxygens (including phenoxy) is 3. The molecule has 0 radical (unpaired) electrons. The molecule has 0 saturated carbocycles. The molecular formula is C58H102O6. The molecule has 1 unspecified atom stereocenters. The minimum atomic E-state index is -0.796. The second kappa shape index (κ2) is 52.7. The van der Waals surface area contributed by atoms with Crippen LogP contribution in [0, 0.1) is 0 Å². The van der Waals surface area contributed by atoms with Gasteiger partial charge in [-0.25, -0.2) is 0 Å². The molecule has 0 fully saturated rings. The van der Waals surface area contributed by atoms with E-state index in [0.717, 1.165) is 77.0 Å². The van der Waals surface area contributed by atoms with E-state index in [9.17, 15) is 14.4 Å². The summed E-state index contributed by atoms with van der Waals surface area (Å²) in [5, 5.41) is 0. The van der Waals surface area contributed by atoms with Gasteiger partial charge in [-0.15, -0.1) is 0 Å². The van der Waals surface area contributed by atoms with Gasteiger partial charge in [0.05, 0.1) is 0 Å². The van der Waals surface area contributed by atoms with Crippen molar-refractivity contribution >= 4 is 17.9 Å². The number of allylic oxidation sites excluding steroid dienone is 10. The predicted molar refractivity (Wildman–Crippen MR) is 275 cm³/mol. The van der Waals surface area contributed by atoms with Crippen molar-refractivity contribution in [3.8, 4) is 0 Å². The average Bonchev–Trinajstić information content (AvgIpc) is 3.29. The van der Waals surface area contributed by atoms with Crippen LogP contribution < -0.4 is 0 Å². The number of rotatable bonds is 49. The molecule has 0 rings (SSSR count). The van der Waals surface area contributed by atoms with E-state index >= 15 is 0 Å². The highest BCUT2D eigenvalue weighted by atomic mass is 16.6. The zero-order chi connectivity index (χ0) is 46.5. The van der Waals surface area contributed by atoms with E-state index in [1.165, 1.54) is 148 Å². The first-order valence-electron chi connectivity index (χ1n) is 27.3. The van der Waals surface area contributed by atoms with Crippen molar-refractivity contribution in [2.75, 3.05) is 13.2 Å². The molecule has 0 aromatic heterocycles. The molecule has 0 aliphatic rings. The smallest absolute Gasteiger partial charge is 0.306 e. The van der Waals surface area contributed by atoms with Crippen molar-refractivity contribution in [1.82, 2.24) is 0 Å². The number of carbonyl (C=O) groups is 3. The van der Waals surface area contributed by atoms with Crippen molar-refractivity contribution < 1.29 is 28.6 Å². The van der Waals surface area contributed by atoms with Crippen LogP contribution in [0.2, 0.25) is 0 Å². The summed E-state index contributed by atoms with van der Waals surface area (Å²) in [5.41, 5.74) is 0. The summed E-state index contributed by atoms with van der Waals surface area (Å²) in [7, 11) is 0. The van der Waals surface area contributed by atoms with Gasteiger partial charge >= 0.3 is 17.9 Å². The number of unbranched alkanes of at least 4 members (excludes halogenated alkanes) is 30. The zero-order valence-electron chi connectivity index (χ0n) is 42.3. The van der Waals surface area contributed by atoms with Gasteiger partial charge in [-0.05, 0) is 89.9 Å². The van der Waals surface area contributed by atoms with E-state index in [1.807, 2.05) is 0 Å². The third kappa shape index (κ3) is 50.1. The Kier molecular flexibility index (Phi) is 50.4. The summed E-state index contributed by atoms with van der Waals surface area (Å²) in [4.78, 5) is 37.9. The average molecular weight is 895 g/mol. The lowest BCUT2D eigenvalue weighted by atomic mass is 10.1. The molecule has 0 heterocycles. The van der Waals surface area contributed by atoms with Gasteiger partial charge in [-0.1, -0.05) is 223 Å². The first-order chi connectivity index (χ1) is 31.5. The second-order valence-corrected chi connectivity index (χ2v) is 18.2. The molecule has 0 aromatic rings. The zero-order valence-corrected chi connectivity index (χ0v) is 42.3. The monoisotopic (exact) mass is 895 g/mol. The van der Waals surface area contributed by atoms with E-state index in [2.05, 4.69) is 81.5 Å². The fraction of sp³-hybridized carbons (Fsp3) is 0.776. The van der Waals surface area contributed by atoms with Crippen molar-refractivity contribution in [3.63, 3.8) is 0 Å². The fourth-order valence-electron chi connectivity index (χ4n) is 7.62. The van der Waals surface area contributed by atoms with Gasteiger partial charge in [0.2, 0.25) is 0 Å². The third-order valence-electron chi connectivity index (χ3n) is 11.8. The first kappa shape index (κ1) is 61.1. The van der Waals surface area contributed by atoms with E-state index in [1.54, 1.807) is 0 Å². The molecular weight excluding hydrogens is 793 g/mol. The quantitative estimate of drug-likeness (QED) is 0.0199. The molecule has 6 nitrogen and oxygen atoms in total. The minimum absolute atomic E-state index is 0.0929. The minimum Gasteiger partial charge on any atom is -0.462 e. The van der Waals surface area contributed by atoms with Gasteiger partial charge < -0.3 is 14.2 Å². The van der Waals surface area contributed by atoms with Crippen LogP contribution in [0.3, 0.4) is 0 Å². The van der Waals surface area contributed by atoms with Crippen LogP contribution in [-0.2, 0) is 28.6 Å². The largest absolute Gasteiger partial charge is 0.462 e. The van der Waals surface area contributed by atoms with Crippen molar-refractivity contribution in [2.45, 2.75) is 277 Å². The van der Waals surface area contributed by atoms with Gasteiger partial charge in [0.1, 0.15) is 13.2 Å². The Morgan fingerprint density at radius 3 is 0.984 bits per heavy atom. The van der Waals surface area contributed by atoms with E-state index < -0.39 is 6.10 Å². The molecule has 0 saturated heterocycles. The van der Waals surface area contributed by atoms with Crippen molar-refractivity contribution in [1.29, 1.82) is 0 Å². The van der Waals surface area contributed by atoms with E-state index in [-0.39, 0.29) is 31.1 Å². The van der Waals surface area contributed by atoms with Crippen LogP contribution in [0.1, 0.15) is 271 Å². The molecule has 0 N–H and O–H groups in total. The van der Waals surface area contributed by atoms with Crippen LogP contribution in [0.4, 0.5) is 0 Å². The summed E-state index contributed by atoms with van der Waals surface area (Å²) in [6.45, 7) is 6.55. The number of carbonyl (C=O) groups excluding carboxylic acids is 3. The van der Waals surface area contributed by atoms with Crippen LogP contribution in [0.25, 0.3) is 0 Å². The van der Waals surface area contributed by atoms with Gasteiger partial charge in [0.25, 0.3) is 0 Å². The van der Waals surface area contributed by atoms with Gasteiger partial charge in [0, 0.05) is 19.3 Å². The lowest BCUT2D eigenvalue weighted by molar-refractivity contribution is -0.167. The summed E-state index contributed by atoms with van der Waals surface area (Å²) >= 11 is 0. The highest BCUT2D eigenvalue weighted by molar-refractivity contribution is 5.71. The maximum atomic E-state index is 12.8. The van der Waals surface area contributed by atoms with Crippen LogP contribution in [0.5, 0.6) is 0 Å². The molecule has 0 bridgehead atoms. The molecule has 0 aliphatic carbocycles. The van der Waals surface area contributed by atoms with Crippen molar-refractivity contribution in [2.24, 2.45) is 0 Å². The normalized spacial score (nSPS) is 12.5. The number of hydrogen-bond acceptors (Lipinski definition) is 6. The molecule has 6 heteroatoms. The number of esters is 3. The Balaban J connectivity index is 4.35. The maximum Gasteiger partial charge on any atom is 0.306 e. The summed E-state index contributed by atoms with van der Waals surface area (Å²) in [5.74, 6) is -0.949. The standard InChI is InChI=1S/C58H102O6/c1-4-7-10-13-16-19-21-23-25-27-29-31-32-34-36-39-42-45-48-51-57(60)63-54-55(53-62-56(59)50-47-44-41-38-18-15-12-9-6-3)64-58(61)52-49-46-43-40-37-35-33-30-28-26-24-22-20-17-14-11-8-5-2/h22,24,26-30,33,38,41,55H,4-21,23,25,31-32,34-37,39-40,42-54H2,1-3H3/b24-22-,28-26-,29-27-,33-30-,41-38-. The SMILES string of the molecule is CCCCCC/C=C\CCCC(=O)OCC(COC(=O)CCCCCCCCC/C=C\CCCCCCCCCC)OC(=O)CCCCCCC\C=C/C=C\C=C/CCCCCCC. The first-order valence-corrected chi connectivity index (χ1v) is 27.3. The molecule has 0 aromatic carbocycles. The molecule has 64 heavy (non-hydrogen) atoms. The fourth-order valence-corrected chi connectivity index (χ4v) is 7.62. The summed E-state index contributed by atoms with van der Waals surface area (Å²) in [6.07, 6.45) is 65.0. The van der Waals surface area contributed by atoms with Gasteiger partial charge in [-0.2, -0.15) is 0 Å². The molecule has 0 spiro atoms. The highest BCUT2D eigenvalue weighted by Gasteiger charge is 2.19. The highest BCUT2D eigenvalue weighted by Crippen LogP contribution is 2.14. The Morgan fingerprint density at radius 2 is 0.594 bits per heavy atom. The van der Waals surface area contributed by atoms with E-state index in [4.69, 9.17) is 14.2 Å². The molecule has 1 atom stereocenters. The van der Waals surface area contributed by atoms with Gasteiger partial charge in [-0.3, -0.25) is 14.4 Å². The topological polar surface area (TPSA) is 78.9 Å². The number of hydrogen-bond donors (Lipinski definition) is 0. The second-order valence-electron chi connectivity index (χ2n) is 18.2. The Labute approximate surface area is 396 Å². The molecule has 370 valence electrons. The maximum absolute atomic E-state index is 12.8. The lowest BCUT2D eigenvalue weighted by Gasteiger charge is -2.18. The Hall–Kier alpha value is -2.89. The Morgan fingerprint density at radius 1 is 0.312 bits per heavy atom. The predicted octanol–water partition coefficient (Wildman–Crippen LogP) is 18.0. The summed E-state index contributed by atoms with van der Waals surface area (Å²) in [6, 6.07) is 0. The van der Waals surface area contributed by atoms with Crippen LogP contribution in [-0.4, -0.2) is 37.2 Å². The Bertz CT molecular complexity index is 1170. The van der Waals surface area contributed by atoms with Crippen LogP contribution >= 0.6 is 0 Å². The van der Waals surface area contributed by atoms with Crippen LogP contribution in [0.15, 0.2) is 60.8 Å². The summed E-state index contributed by atoms with van der Waals surface area (Å²) < 4.78 is 16.7. The molecule has 0 amide bonds. The molecule has 0 aliphatic heterocycles. The third-order valence-corrected chi connectivity index (χ3v) is 11.8. The van der Waals surface area contributed by atoms with Crippen molar-refractivity contribution in [3.05, 3.63) is 60.8 Å². The van der Waals surface area contributed by atoms with E-state index in [0.29, 0.717) is 25.7 Å². The van der Waals surface area contributed by atoms with Gasteiger partial charge in [0.15, 0.2) is 6.10 Å².